The molecule has 5 nitrogen and oxygen atoms in total. The van der Waals surface area contributed by atoms with Gasteiger partial charge in [0.25, 0.3) is 0 Å². The zero-order valence-electron chi connectivity index (χ0n) is 9.26. The number of benzene rings is 1. The molecule has 0 aliphatic rings. The van der Waals surface area contributed by atoms with Crippen LogP contribution in [0.1, 0.15) is 5.76 Å². The number of nitrogens with zero attached hydrogens (tertiary/aromatic N) is 1. The van der Waals surface area contributed by atoms with Gasteiger partial charge in [-0.15, -0.1) is 0 Å². The average molecular weight is 264 g/mol. The van der Waals surface area contributed by atoms with Crippen LogP contribution in [0, 0.1) is 0 Å². The molecule has 1 aromatic carbocycles. The summed E-state index contributed by atoms with van der Waals surface area (Å²) in [5.41, 5.74) is 2.82. The topological polar surface area (TPSA) is 66.6 Å². The zero-order chi connectivity index (χ0) is 12.8. The number of carbonyl (C=O) groups is 1. The van der Waals surface area contributed by atoms with E-state index in [0.29, 0.717) is 16.5 Å². The predicted molar refractivity (Wildman–Crippen MR) is 69.9 cm³/mol. The van der Waals surface area contributed by atoms with Gasteiger partial charge in [-0.05, 0) is 24.3 Å². The summed E-state index contributed by atoms with van der Waals surface area (Å²) in [6.07, 6.45) is 2.91. The van der Waals surface area contributed by atoms with E-state index in [2.05, 4.69) is 15.8 Å². The average Bonchev–Trinajstić information content (AvgIpc) is 2.85. The van der Waals surface area contributed by atoms with Crippen molar-refractivity contribution in [2.45, 2.75) is 0 Å². The maximum Gasteiger partial charge on any atom is 0.339 e. The molecule has 0 spiro atoms. The number of urea groups is 1. The van der Waals surface area contributed by atoms with Crippen molar-refractivity contribution >= 4 is 29.5 Å². The number of rotatable bonds is 3. The number of halogens is 1. The number of hydrogen-bond acceptors (Lipinski definition) is 3. The van der Waals surface area contributed by atoms with E-state index in [0.717, 1.165) is 0 Å². The van der Waals surface area contributed by atoms with E-state index in [1.54, 1.807) is 36.4 Å². The second kappa shape index (κ2) is 5.88. The molecule has 2 aromatic rings. The fourth-order valence-electron chi connectivity index (χ4n) is 1.23. The molecule has 0 saturated heterocycles. The van der Waals surface area contributed by atoms with Gasteiger partial charge in [0.05, 0.1) is 23.2 Å². The van der Waals surface area contributed by atoms with E-state index in [4.69, 9.17) is 16.0 Å². The highest BCUT2D eigenvalue weighted by Crippen LogP contribution is 2.19. The number of hydrogen-bond donors (Lipinski definition) is 2. The van der Waals surface area contributed by atoms with Crippen molar-refractivity contribution in [2.75, 3.05) is 5.32 Å². The summed E-state index contributed by atoms with van der Waals surface area (Å²) >= 11 is 5.89. The quantitative estimate of drug-likeness (QED) is 0.660. The molecule has 0 atom stereocenters. The van der Waals surface area contributed by atoms with E-state index in [1.165, 1.54) is 12.5 Å². The standard InChI is InChI=1S/C12H10ClN3O2/c13-10-5-1-2-6-11(10)15-12(17)16-14-8-9-4-3-7-18-9/h1-8H,(H2,15,16,17)/b14-8+. The summed E-state index contributed by atoms with van der Waals surface area (Å²) in [4.78, 5) is 11.5. The van der Waals surface area contributed by atoms with Crippen LogP contribution in [0.15, 0.2) is 52.2 Å². The van der Waals surface area contributed by atoms with E-state index in [-0.39, 0.29) is 0 Å². The number of amides is 2. The second-order valence-electron chi connectivity index (χ2n) is 3.32. The van der Waals surface area contributed by atoms with Gasteiger partial charge in [0.2, 0.25) is 0 Å². The summed E-state index contributed by atoms with van der Waals surface area (Å²) in [6.45, 7) is 0. The first-order valence-corrected chi connectivity index (χ1v) is 5.51. The zero-order valence-corrected chi connectivity index (χ0v) is 10.0. The molecule has 0 radical (unpaired) electrons. The first kappa shape index (κ1) is 12.2. The van der Waals surface area contributed by atoms with Crippen LogP contribution in [0.25, 0.3) is 0 Å². The van der Waals surface area contributed by atoms with Crippen molar-refractivity contribution in [3.8, 4) is 0 Å². The minimum atomic E-state index is -0.481. The van der Waals surface area contributed by atoms with Crippen molar-refractivity contribution in [3.05, 3.63) is 53.4 Å². The summed E-state index contributed by atoms with van der Waals surface area (Å²) in [6, 6.07) is 9.89. The summed E-state index contributed by atoms with van der Waals surface area (Å²) in [5.74, 6) is 0.549. The Morgan fingerprint density at radius 2 is 2.11 bits per heavy atom. The van der Waals surface area contributed by atoms with Gasteiger partial charge in [-0.3, -0.25) is 0 Å². The molecule has 0 unspecified atom stereocenters. The van der Waals surface area contributed by atoms with Crippen molar-refractivity contribution in [2.24, 2.45) is 5.10 Å². The molecular formula is C12H10ClN3O2. The van der Waals surface area contributed by atoms with Crippen LogP contribution < -0.4 is 10.7 Å². The monoisotopic (exact) mass is 263 g/mol. The third kappa shape index (κ3) is 3.36. The lowest BCUT2D eigenvalue weighted by atomic mass is 10.3. The fraction of sp³-hybridized carbons (Fsp3) is 0. The lowest BCUT2D eigenvalue weighted by Crippen LogP contribution is -2.24. The molecule has 0 fully saturated rings. The van der Waals surface area contributed by atoms with Gasteiger partial charge in [-0.2, -0.15) is 5.10 Å². The third-order valence-corrected chi connectivity index (χ3v) is 2.35. The molecule has 1 heterocycles. The molecule has 2 amide bonds. The van der Waals surface area contributed by atoms with Crippen LogP contribution in [0.3, 0.4) is 0 Å². The Labute approximate surface area is 108 Å². The molecule has 6 heteroatoms. The number of anilines is 1. The van der Waals surface area contributed by atoms with Crippen LogP contribution >= 0.6 is 11.6 Å². The Hall–Kier alpha value is -2.27. The van der Waals surface area contributed by atoms with Crippen LogP contribution in [-0.4, -0.2) is 12.2 Å². The van der Waals surface area contributed by atoms with Gasteiger partial charge in [-0.1, -0.05) is 23.7 Å². The Bertz CT molecular complexity index is 552. The van der Waals surface area contributed by atoms with Gasteiger partial charge >= 0.3 is 6.03 Å². The molecule has 18 heavy (non-hydrogen) atoms. The highest BCUT2D eigenvalue weighted by Gasteiger charge is 2.02. The molecule has 2 rings (SSSR count). The van der Waals surface area contributed by atoms with Crippen LogP contribution in [0.2, 0.25) is 5.02 Å². The highest BCUT2D eigenvalue weighted by molar-refractivity contribution is 6.33. The van der Waals surface area contributed by atoms with Crippen LogP contribution in [0.4, 0.5) is 10.5 Å². The SMILES string of the molecule is O=C(N/N=C/c1ccco1)Nc1ccccc1Cl. The van der Waals surface area contributed by atoms with E-state index in [1.807, 2.05) is 0 Å². The van der Waals surface area contributed by atoms with Crippen molar-refractivity contribution in [1.29, 1.82) is 0 Å². The molecule has 0 aliphatic heterocycles. The minimum absolute atomic E-state index is 0.461. The van der Waals surface area contributed by atoms with Crippen molar-refractivity contribution < 1.29 is 9.21 Å². The number of para-hydroxylation sites is 1. The van der Waals surface area contributed by atoms with Gasteiger partial charge < -0.3 is 9.73 Å². The maximum atomic E-state index is 11.5. The van der Waals surface area contributed by atoms with E-state index in [9.17, 15) is 4.79 Å². The molecule has 0 bridgehead atoms. The molecule has 0 saturated carbocycles. The number of furan rings is 1. The summed E-state index contributed by atoms with van der Waals surface area (Å²) < 4.78 is 5.01. The van der Waals surface area contributed by atoms with Crippen LogP contribution in [-0.2, 0) is 0 Å². The summed E-state index contributed by atoms with van der Waals surface area (Å²) in [5, 5.41) is 6.74. The first-order chi connectivity index (χ1) is 8.75. The molecule has 1 aromatic heterocycles. The van der Waals surface area contributed by atoms with Crippen molar-refractivity contribution in [3.63, 3.8) is 0 Å². The number of hydrazone groups is 1. The highest BCUT2D eigenvalue weighted by atomic mass is 35.5. The lowest BCUT2D eigenvalue weighted by Gasteiger charge is -2.05. The Morgan fingerprint density at radius 1 is 1.28 bits per heavy atom. The maximum absolute atomic E-state index is 11.5. The van der Waals surface area contributed by atoms with Gasteiger partial charge in [0.15, 0.2) is 0 Å². The van der Waals surface area contributed by atoms with Crippen molar-refractivity contribution in [1.82, 2.24) is 5.43 Å². The number of carbonyl (C=O) groups excluding carboxylic acids is 1. The molecule has 92 valence electrons. The molecule has 2 N–H and O–H groups in total. The van der Waals surface area contributed by atoms with Gasteiger partial charge in [0.1, 0.15) is 5.76 Å². The third-order valence-electron chi connectivity index (χ3n) is 2.02. The normalized spacial score (nSPS) is 10.5. The first-order valence-electron chi connectivity index (χ1n) is 5.14. The van der Waals surface area contributed by atoms with Crippen LogP contribution in [0.5, 0.6) is 0 Å². The smallest absolute Gasteiger partial charge is 0.339 e. The Balaban J connectivity index is 1.88. The van der Waals surface area contributed by atoms with E-state index < -0.39 is 6.03 Å². The Morgan fingerprint density at radius 3 is 2.83 bits per heavy atom. The lowest BCUT2D eigenvalue weighted by molar-refractivity contribution is 0.252. The minimum Gasteiger partial charge on any atom is -0.463 e. The molecule has 0 aliphatic carbocycles. The molecular weight excluding hydrogens is 254 g/mol. The van der Waals surface area contributed by atoms with Gasteiger partial charge in [-0.25, -0.2) is 10.2 Å². The number of nitrogens with one attached hydrogen (secondary N) is 2. The predicted octanol–water partition coefficient (Wildman–Crippen LogP) is 3.09. The fourth-order valence-corrected chi connectivity index (χ4v) is 1.42. The van der Waals surface area contributed by atoms with Gasteiger partial charge in [0, 0.05) is 0 Å². The summed E-state index contributed by atoms with van der Waals surface area (Å²) in [7, 11) is 0. The van der Waals surface area contributed by atoms with E-state index >= 15 is 0 Å². The second-order valence-corrected chi connectivity index (χ2v) is 3.73. The Kier molecular flexibility index (Phi) is 3.98. The largest absolute Gasteiger partial charge is 0.463 e.